The second-order valence-electron chi connectivity index (χ2n) is 6.68. The van der Waals surface area contributed by atoms with Gasteiger partial charge in [0.1, 0.15) is 6.10 Å². The van der Waals surface area contributed by atoms with Gasteiger partial charge in [0.05, 0.1) is 37.3 Å². The number of esters is 1. The van der Waals surface area contributed by atoms with Gasteiger partial charge in [-0.05, 0) is 49.6 Å². The molecule has 2 heterocycles. The van der Waals surface area contributed by atoms with Crippen LogP contribution in [0, 0.1) is 0 Å². The van der Waals surface area contributed by atoms with Gasteiger partial charge < -0.3 is 14.6 Å². The third-order valence-corrected chi connectivity index (χ3v) is 4.89. The first-order valence-electron chi connectivity index (χ1n) is 8.98. The van der Waals surface area contributed by atoms with Gasteiger partial charge in [-0.2, -0.15) is 5.10 Å². The Morgan fingerprint density at radius 2 is 2.07 bits per heavy atom. The zero-order valence-electron chi connectivity index (χ0n) is 15.0. The molecule has 0 bridgehead atoms. The fourth-order valence-electron chi connectivity index (χ4n) is 3.03. The zero-order chi connectivity index (χ0) is 18.8. The molecule has 0 amide bonds. The van der Waals surface area contributed by atoms with E-state index in [9.17, 15) is 9.90 Å². The maximum atomic E-state index is 11.6. The van der Waals surface area contributed by atoms with Gasteiger partial charge >= 0.3 is 5.97 Å². The van der Waals surface area contributed by atoms with E-state index >= 15 is 0 Å². The number of aromatic nitrogens is 3. The summed E-state index contributed by atoms with van der Waals surface area (Å²) in [7, 11) is 1.35. The largest absolute Gasteiger partial charge is 0.465 e. The van der Waals surface area contributed by atoms with Crippen LogP contribution in [0.5, 0.6) is 0 Å². The number of pyridine rings is 1. The maximum Gasteiger partial charge on any atom is 0.337 e. The van der Waals surface area contributed by atoms with Gasteiger partial charge in [0.25, 0.3) is 0 Å². The maximum absolute atomic E-state index is 11.6. The average molecular weight is 367 g/mol. The Hall–Kier alpha value is -2.77. The topological polar surface area (TPSA) is 86.5 Å². The number of fused-ring (bicyclic) bond motifs is 1. The van der Waals surface area contributed by atoms with Gasteiger partial charge in [-0.15, -0.1) is 0 Å². The van der Waals surface area contributed by atoms with Crippen molar-refractivity contribution in [1.82, 2.24) is 14.8 Å². The highest BCUT2D eigenvalue weighted by Gasteiger charge is 2.20. The number of benzene rings is 1. The molecule has 1 saturated carbocycles. The second kappa shape index (κ2) is 7.46. The Bertz CT molecular complexity index is 948. The third-order valence-electron chi connectivity index (χ3n) is 4.89. The van der Waals surface area contributed by atoms with Gasteiger partial charge in [-0.3, -0.25) is 0 Å². The van der Waals surface area contributed by atoms with Crippen LogP contribution in [-0.2, 0) is 9.47 Å². The summed E-state index contributed by atoms with van der Waals surface area (Å²) in [5.74, 6) is -0.382. The summed E-state index contributed by atoms with van der Waals surface area (Å²) in [4.78, 5) is 16.0. The number of aliphatic hydroxyl groups excluding tert-OH is 1. The van der Waals surface area contributed by atoms with E-state index in [1.165, 1.54) is 13.5 Å². The molecule has 0 spiro atoms. The summed E-state index contributed by atoms with van der Waals surface area (Å²) in [6, 6.07) is 8.82. The molecule has 7 heteroatoms. The van der Waals surface area contributed by atoms with Crippen molar-refractivity contribution in [2.45, 2.75) is 31.5 Å². The minimum atomic E-state index is -0.704. The Kier molecular flexibility index (Phi) is 4.87. The predicted octanol–water partition coefficient (Wildman–Crippen LogP) is 2.81. The van der Waals surface area contributed by atoms with Crippen LogP contribution in [0.3, 0.4) is 0 Å². The lowest BCUT2D eigenvalue weighted by atomic mass is 9.96. The van der Waals surface area contributed by atoms with Crippen LogP contribution in [0.1, 0.15) is 41.3 Å². The number of ether oxygens (including phenoxy) is 2. The minimum absolute atomic E-state index is 0.279. The number of hydrogen-bond donors (Lipinski definition) is 1. The number of hydrogen-bond acceptors (Lipinski definition) is 6. The zero-order valence-corrected chi connectivity index (χ0v) is 15.0. The van der Waals surface area contributed by atoms with Crippen LogP contribution >= 0.6 is 0 Å². The lowest BCUT2D eigenvalue weighted by Crippen LogP contribution is -2.24. The van der Waals surface area contributed by atoms with Crippen LogP contribution < -0.4 is 0 Å². The molecule has 0 unspecified atom stereocenters. The second-order valence-corrected chi connectivity index (χ2v) is 6.68. The highest BCUT2D eigenvalue weighted by Crippen LogP contribution is 2.25. The molecule has 27 heavy (non-hydrogen) atoms. The molecule has 1 atom stereocenters. The lowest BCUT2D eigenvalue weighted by molar-refractivity contribution is -0.0427. The standard InChI is InChI=1S/C20H21N3O4/c1-26-20(25)13-5-7-16(8-6-13)23-19-15(11-22-23)9-14(10-21-19)18(24)12-27-17-3-2-4-17/h5-11,17-18,24H,2-4,12H2,1H3/t18-/m1/s1. The Morgan fingerprint density at radius 1 is 1.30 bits per heavy atom. The SMILES string of the molecule is COC(=O)c1ccc(-n2ncc3cc([C@H](O)COC4CCC4)cnc32)cc1. The first-order chi connectivity index (χ1) is 13.2. The molecule has 0 radical (unpaired) electrons. The van der Waals surface area contributed by atoms with E-state index in [0.29, 0.717) is 16.8 Å². The fourth-order valence-corrected chi connectivity index (χ4v) is 3.03. The van der Waals surface area contributed by atoms with E-state index in [0.717, 1.165) is 23.9 Å². The minimum Gasteiger partial charge on any atom is -0.465 e. The highest BCUT2D eigenvalue weighted by atomic mass is 16.5. The van der Waals surface area contributed by atoms with Crippen LogP contribution in [0.25, 0.3) is 16.7 Å². The molecule has 3 aromatic rings. The quantitative estimate of drug-likeness (QED) is 0.674. The number of nitrogens with zero attached hydrogens (tertiary/aromatic N) is 3. The van der Waals surface area contributed by atoms with E-state index in [1.807, 2.05) is 6.07 Å². The molecule has 2 aromatic heterocycles. The van der Waals surface area contributed by atoms with E-state index in [4.69, 9.17) is 9.47 Å². The van der Waals surface area contributed by atoms with Crippen molar-refractivity contribution < 1.29 is 19.4 Å². The molecule has 1 fully saturated rings. The van der Waals surface area contributed by atoms with Crippen molar-refractivity contribution >= 4 is 17.0 Å². The third kappa shape index (κ3) is 3.56. The highest BCUT2D eigenvalue weighted by molar-refractivity contribution is 5.89. The molecule has 0 aliphatic heterocycles. The first-order valence-corrected chi connectivity index (χ1v) is 8.98. The van der Waals surface area contributed by atoms with E-state index < -0.39 is 6.10 Å². The first kappa shape index (κ1) is 17.6. The summed E-state index contributed by atoms with van der Waals surface area (Å²) in [6.45, 7) is 0.279. The van der Waals surface area contributed by atoms with Gasteiger partial charge in [-0.25, -0.2) is 14.5 Å². The number of aliphatic hydroxyl groups is 1. The molecular weight excluding hydrogens is 346 g/mol. The van der Waals surface area contributed by atoms with Crippen molar-refractivity contribution in [3.05, 3.63) is 53.9 Å². The normalized spacial score (nSPS) is 15.5. The smallest absolute Gasteiger partial charge is 0.337 e. The van der Waals surface area contributed by atoms with Crippen molar-refractivity contribution in [3.8, 4) is 5.69 Å². The summed E-state index contributed by atoms with van der Waals surface area (Å²) < 4.78 is 12.1. The average Bonchev–Trinajstić information content (AvgIpc) is 3.09. The van der Waals surface area contributed by atoms with Crippen molar-refractivity contribution in [2.75, 3.05) is 13.7 Å². The van der Waals surface area contributed by atoms with Gasteiger partial charge in [0.2, 0.25) is 0 Å². The van der Waals surface area contributed by atoms with Crippen LogP contribution in [0.2, 0.25) is 0 Å². The summed E-state index contributed by atoms with van der Waals surface area (Å²) in [5, 5.41) is 15.6. The lowest BCUT2D eigenvalue weighted by Gasteiger charge is -2.26. The van der Waals surface area contributed by atoms with Crippen molar-refractivity contribution in [2.24, 2.45) is 0 Å². The number of methoxy groups -OCH3 is 1. The Morgan fingerprint density at radius 3 is 2.74 bits per heavy atom. The van der Waals surface area contributed by atoms with Crippen LogP contribution in [-0.4, -0.2) is 45.7 Å². The molecule has 1 aromatic carbocycles. The molecule has 4 rings (SSSR count). The van der Waals surface area contributed by atoms with E-state index in [1.54, 1.807) is 41.3 Å². The van der Waals surface area contributed by atoms with Crippen LogP contribution in [0.15, 0.2) is 42.7 Å². The molecule has 0 saturated heterocycles. The molecule has 1 N–H and O–H groups in total. The van der Waals surface area contributed by atoms with E-state index in [-0.39, 0.29) is 18.7 Å². The molecule has 140 valence electrons. The van der Waals surface area contributed by atoms with Crippen molar-refractivity contribution in [1.29, 1.82) is 0 Å². The van der Waals surface area contributed by atoms with Gasteiger partial charge in [-0.1, -0.05) is 0 Å². The molecule has 1 aliphatic carbocycles. The molecule has 7 nitrogen and oxygen atoms in total. The number of carbonyl (C=O) groups is 1. The fraction of sp³-hybridized carbons (Fsp3) is 0.350. The summed E-state index contributed by atoms with van der Waals surface area (Å²) in [6.07, 6.45) is 6.29. The molecular formula is C20H21N3O4. The van der Waals surface area contributed by atoms with Gasteiger partial charge in [0, 0.05) is 17.1 Å². The van der Waals surface area contributed by atoms with Crippen molar-refractivity contribution in [3.63, 3.8) is 0 Å². The summed E-state index contributed by atoms with van der Waals surface area (Å²) in [5.41, 5.74) is 2.65. The Labute approximate surface area is 156 Å². The number of rotatable bonds is 6. The predicted molar refractivity (Wildman–Crippen MR) is 98.8 cm³/mol. The molecule has 1 aliphatic rings. The summed E-state index contributed by atoms with van der Waals surface area (Å²) >= 11 is 0. The van der Waals surface area contributed by atoms with Gasteiger partial charge in [0.15, 0.2) is 5.65 Å². The van der Waals surface area contributed by atoms with Crippen LogP contribution in [0.4, 0.5) is 0 Å². The Balaban J connectivity index is 1.54. The number of carbonyl (C=O) groups excluding carboxylic acids is 1. The monoisotopic (exact) mass is 367 g/mol. The van der Waals surface area contributed by atoms with E-state index in [2.05, 4.69) is 10.1 Å².